The molecule has 0 unspecified atom stereocenters. The van der Waals surface area contributed by atoms with E-state index in [1.54, 1.807) is 0 Å². The Bertz CT molecular complexity index is 859. The van der Waals surface area contributed by atoms with Crippen LogP contribution < -0.4 is 4.72 Å². The van der Waals surface area contributed by atoms with Crippen LogP contribution in [0.2, 0.25) is 0 Å². The van der Waals surface area contributed by atoms with E-state index in [2.05, 4.69) is 4.72 Å². The van der Waals surface area contributed by atoms with Crippen LogP contribution in [0.4, 0.5) is 0 Å². The van der Waals surface area contributed by atoms with Crippen molar-refractivity contribution in [2.24, 2.45) is 0 Å². The molecule has 0 heterocycles. The minimum absolute atomic E-state index is 0.130. The predicted molar refractivity (Wildman–Crippen MR) is 91.5 cm³/mol. The maximum absolute atomic E-state index is 12.4. The highest BCUT2D eigenvalue weighted by Gasteiger charge is 2.31. The molecule has 24 heavy (non-hydrogen) atoms. The zero-order valence-corrected chi connectivity index (χ0v) is 14.1. The summed E-state index contributed by atoms with van der Waals surface area (Å²) in [5.74, 6) is -1.06. The van der Waals surface area contributed by atoms with Gasteiger partial charge < -0.3 is 5.11 Å². The van der Waals surface area contributed by atoms with Crippen molar-refractivity contribution in [1.29, 1.82) is 0 Å². The highest BCUT2D eigenvalue weighted by molar-refractivity contribution is 7.88. The summed E-state index contributed by atoms with van der Waals surface area (Å²) in [5.41, 5.74) is 3.08. The molecule has 2 aromatic carbocycles. The molecule has 6 heteroatoms. The fourth-order valence-electron chi connectivity index (χ4n) is 3.17. The molecule has 3 rings (SSSR count). The topological polar surface area (TPSA) is 83.5 Å². The second-order valence-electron chi connectivity index (χ2n) is 6.18. The molecule has 0 spiro atoms. The van der Waals surface area contributed by atoms with Gasteiger partial charge in [0.1, 0.15) is 0 Å². The molecule has 0 saturated heterocycles. The molecular weight excluding hydrogens is 326 g/mol. The van der Waals surface area contributed by atoms with Crippen molar-refractivity contribution in [2.75, 3.05) is 0 Å². The number of rotatable bonds is 5. The van der Waals surface area contributed by atoms with Gasteiger partial charge in [-0.1, -0.05) is 43.3 Å². The highest BCUT2D eigenvalue weighted by atomic mass is 32.2. The van der Waals surface area contributed by atoms with Crippen LogP contribution in [0.1, 0.15) is 39.9 Å². The molecular formula is C18H19NO4S. The lowest BCUT2D eigenvalue weighted by Crippen LogP contribution is -2.37. The highest BCUT2D eigenvalue weighted by Crippen LogP contribution is 2.33. The van der Waals surface area contributed by atoms with E-state index < -0.39 is 16.0 Å². The fourth-order valence-corrected chi connectivity index (χ4v) is 4.64. The number of benzene rings is 2. The normalized spacial score (nSPS) is 19.9. The number of carbonyl (C=O) groups is 1. The van der Waals surface area contributed by atoms with Crippen LogP contribution in [0.3, 0.4) is 0 Å². The van der Waals surface area contributed by atoms with Gasteiger partial charge in [-0.2, -0.15) is 0 Å². The largest absolute Gasteiger partial charge is 0.478 e. The van der Waals surface area contributed by atoms with E-state index >= 15 is 0 Å². The molecule has 2 aromatic rings. The fraction of sp³-hybridized carbons (Fsp3) is 0.278. The maximum Gasteiger partial charge on any atom is 0.335 e. The van der Waals surface area contributed by atoms with Gasteiger partial charge >= 0.3 is 5.97 Å². The number of carboxylic acid groups (broad SMARTS) is 1. The number of fused-ring (bicyclic) bond motifs is 1. The first-order chi connectivity index (χ1) is 11.4. The molecule has 0 fully saturated rings. The zero-order chi connectivity index (χ0) is 17.3. The summed E-state index contributed by atoms with van der Waals surface area (Å²) in [7, 11) is -3.50. The molecule has 0 aliphatic heterocycles. The maximum atomic E-state index is 12.4. The average molecular weight is 345 g/mol. The average Bonchev–Trinajstić information content (AvgIpc) is 2.83. The summed E-state index contributed by atoms with van der Waals surface area (Å²) in [5, 5.41) is 8.88. The Labute approximate surface area is 141 Å². The van der Waals surface area contributed by atoms with E-state index in [1.807, 2.05) is 31.2 Å². The number of hydrogen-bond acceptors (Lipinski definition) is 3. The summed E-state index contributed by atoms with van der Waals surface area (Å²) in [6.45, 7) is 2.03. The Morgan fingerprint density at radius 3 is 2.46 bits per heavy atom. The Kier molecular flexibility index (Phi) is 4.43. The lowest BCUT2D eigenvalue weighted by atomic mass is 10.0. The van der Waals surface area contributed by atoms with E-state index in [1.165, 1.54) is 35.4 Å². The summed E-state index contributed by atoms with van der Waals surface area (Å²) in [6.07, 6.45) is 0.689. The molecule has 126 valence electrons. The number of aromatic carboxylic acids is 1. The first-order valence-electron chi connectivity index (χ1n) is 7.76. The summed E-state index contributed by atoms with van der Waals surface area (Å²) >= 11 is 0. The molecule has 0 aromatic heterocycles. The number of sulfonamides is 1. The van der Waals surface area contributed by atoms with Crippen LogP contribution in [-0.2, 0) is 22.2 Å². The van der Waals surface area contributed by atoms with Gasteiger partial charge in [-0.05, 0) is 41.2 Å². The monoisotopic (exact) mass is 345 g/mol. The minimum Gasteiger partial charge on any atom is -0.478 e. The van der Waals surface area contributed by atoms with E-state index in [-0.39, 0.29) is 23.3 Å². The van der Waals surface area contributed by atoms with Gasteiger partial charge in [0.25, 0.3) is 0 Å². The second kappa shape index (κ2) is 6.37. The van der Waals surface area contributed by atoms with Gasteiger partial charge in [-0.15, -0.1) is 0 Å². The third-order valence-electron chi connectivity index (χ3n) is 4.48. The smallest absolute Gasteiger partial charge is 0.335 e. The van der Waals surface area contributed by atoms with E-state index in [9.17, 15) is 13.2 Å². The zero-order valence-electron chi connectivity index (χ0n) is 13.3. The van der Waals surface area contributed by atoms with Crippen LogP contribution in [-0.4, -0.2) is 25.5 Å². The van der Waals surface area contributed by atoms with Crippen molar-refractivity contribution in [2.45, 2.75) is 31.1 Å². The van der Waals surface area contributed by atoms with Gasteiger partial charge in [-0.3, -0.25) is 0 Å². The van der Waals surface area contributed by atoms with E-state index in [0.29, 0.717) is 12.0 Å². The van der Waals surface area contributed by atoms with Crippen LogP contribution in [0.15, 0.2) is 48.5 Å². The lowest BCUT2D eigenvalue weighted by Gasteiger charge is -2.18. The molecule has 0 radical (unpaired) electrons. The SMILES string of the molecule is C[C@H]1c2ccccc2C[C@H]1NS(=O)(=O)Cc1ccc(C(=O)O)cc1. The predicted octanol–water partition coefficient (Wildman–Crippen LogP) is 2.53. The van der Waals surface area contributed by atoms with Crippen molar-refractivity contribution in [1.82, 2.24) is 4.72 Å². The number of carboxylic acids is 1. The van der Waals surface area contributed by atoms with Crippen LogP contribution in [0.5, 0.6) is 0 Å². The van der Waals surface area contributed by atoms with E-state index in [0.717, 1.165) is 0 Å². The molecule has 2 atom stereocenters. The van der Waals surface area contributed by atoms with Crippen LogP contribution in [0, 0.1) is 0 Å². The van der Waals surface area contributed by atoms with Crippen molar-refractivity contribution < 1.29 is 18.3 Å². The molecule has 0 amide bonds. The summed E-state index contributed by atoms with van der Waals surface area (Å²) in [4.78, 5) is 10.8. The standard InChI is InChI=1S/C18H19NO4S/c1-12-16-5-3-2-4-15(16)10-17(12)19-24(22,23)11-13-6-8-14(9-7-13)18(20)21/h2-9,12,17,19H,10-11H2,1H3,(H,20,21)/t12-,17+/m0/s1. The molecule has 1 aliphatic carbocycles. The number of nitrogens with one attached hydrogen (secondary N) is 1. The van der Waals surface area contributed by atoms with Crippen molar-refractivity contribution in [3.8, 4) is 0 Å². The Hall–Kier alpha value is -2.18. The third kappa shape index (κ3) is 3.49. The van der Waals surface area contributed by atoms with Gasteiger partial charge in [-0.25, -0.2) is 17.9 Å². The molecule has 0 bridgehead atoms. The third-order valence-corrected chi connectivity index (χ3v) is 5.85. The summed E-state index contributed by atoms with van der Waals surface area (Å²) in [6, 6.07) is 13.8. The van der Waals surface area contributed by atoms with Crippen molar-refractivity contribution in [3.63, 3.8) is 0 Å². The van der Waals surface area contributed by atoms with Crippen molar-refractivity contribution in [3.05, 3.63) is 70.8 Å². The van der Waals surface area contributed by atoms with Crippen LogP contribution >= 0.6 is 0 Å². The van der Waals surface area contributed by atoms with Gasteiger partial charge in [0.15, 0.2) is 0 Å². The Balaban J connectivity index is 1.70. The van der Waals surface area contributed by atoms with Crippen LogP contribution in [0.25, 0.3) is 0 Å². The Morgan fingerprint density at radius 1 is 1.17 bits per heavy atom. The van der Waals surface area contributed by atoms with Gasteiger partial charge in [0, 0.05) is 6.04 Å². The quantitative estimate of drug-likeness (QED) is 0.872. The molecule has 5 nitrogen and oxygen atoms in total. The van der Waals surface area contributed by atoms with Gasteiger partial charge in [0.05, 0.1) is 11.3 Å². The molecule has 2 N–H and O–H groups in total. The Morgan fingerprint density at radius 2 is 1.83 bits per heavy atom. The lowest BCUT2D eigenvalue weighted by molar-refractivity contribution is 0.0697. The second-order valence-corrected chi connectivity index (χ2v) is 7.93. The van der Waals surface area contributed by atoms with E-state index in [4.69, 9.17) is 5.11 Å². The number of hydrogen-bond donors (Lipinski definition) is 2. The van der Waals surface area contributed by atoms with Crippen molar-refractivity contribution >= 4 is 16.0 Å². The first-order valence-corrected chi connectivity index (χ1v) is 9.41. The first kappa shape index (κ1) is 16.7. The molecule has 1 aliphatic rings. The molecule has 0 saturated carbocycles. The summed E-state index contributed by atoms with van der Waals surface area (Å²) < 4.78 is 27.7. The van der Waals surface area contributed by atoms with Gasteiger partial charge in [0.2, 0.25) is 10.0 Å². The minimum atomic E-state index is -3.50.